The van der Waals surface area contributed by atoms with E-state index >= 15 is 0 Å². The predicted molar refractivity (Wildman–Crippen MR) is 38.2 cm³/mol. The Kier molecular flexibility index (Phi) is 685. The van der Waals surface area contributed by atoms with E-state index in [1.807, 2.05) is 0 Å². The molecule has 6 heavy (non-hydrogen) atoms. The minimum atomic E-state index is 0. The zero-order valence-electron chi connectivity index (χ0n) is 4.11. The van der Waals surface area contributed by atoms with Gasteiger partial charge in [0.05, 0.1) is 0 Å². The van der Waals surface area contributed by atoms with Crippen molar-refractivity contribution in [3.05, 3.63) is 19.7 Å². The van der Waals surface area contributed by atoms with Crippen LogP contribution in [0.1, 0.15) is 0 Å². The number of hydrogen-bond acceptors (Lipinski definition) is 0. The van der Waals surface area contributed by atoms with Gasteiger partial charge in [0.2, 0.25) is 0 Å². The summed E-state index contributed by atoms with van der Waals surface area (Å²) in [5.74, 6) is 0. The van der Waals surface area contributed by atoms with Crippen LogP contribution in [0.3, 0.4) is 0 Å². The van der Waals surface area contributed by atoms with Gasteiger partial charge < -0.3 is 13.1 Å². The average Bonchev–Trinajstić information content (AvgIpc) is 1.50. The monoisotopic (exact) mass is 132 g/mol. The van der Waals surface area contributed by atoms with Gasteiger partial charge in [-0.15, -0.1) is 22.6 Å². The fraction of sp³-hybridized carbons (Fsp3) is 0. The third kappa shape index (κ3) is 78.7. The van der Waals surface area contributed by atoms with Crippen molar-refractivity contribution in [3.63, 3.8) is 0 Å². The molecule has 3 heteroatoms. The SMILES string of the molecule is Cl.[CH-]=C.[CH2-][SiH3].[Mg+2]. The predicted octanol–water partition coefficient (Wildman–Crippen LogP) is -0.210. The van der Waals surface area contributed by atoms with Crippen molar-refractivity contribution in [2.24, 2.45) is 0 Å². The standard InChI is InChI=1S/C2H3.CH5Si.ClH.Mg/c2*1-2;;/h1H,2H2;1H2,2H3;1H;/q2*-1;;+2. The fourth-order valence-corrected chi connectivity index (χ4v) is 0. The van der Waals surface area contributed by atoms with Crippen LogP contribution >= 0.6 is 12.4 Å². The summed E-state index contributed by atoms with van der Waals surface area (Å²) in [5.41, 5.74) is 0. The molecule has 34 valence electrons. The van der Waals surface area contributed by atoms with E-state index in [0.717, 1.165) is 10.2 Å². The van der Waals surface area contributed by atoms with E-state index in [9.17, 15) is 0 Å². The van der Waals surface area contributed by atoms with Gasteiger partial charge >= 0.3 is 23.1 Å². The van der Waals surface area contributed by atoms with Gasteiger partial charge in [0.25, 0.3) is 0 Å². The van der Waals surface area contributed by atoms with Crippen LogP contribution < -0.4 is 0 Å². The molecule has 0 amide bonds. The molecular weight excluding hydrogens is 124 g/mol. The molecule has 0 nitrogen and oxygen atoms in total. The second-order valence-electron chi connectivity index (χ2n) is 0. The summed E-state index contributed by atoms with van der Waals surface area (Å²) in [7, 11) is 1.06. The van der Waals surface area contributed by atoms with Crippen LogP contribution in [0.4, 0.5) is 0 Å². The summed E-state index contributed by atoms with van der Waals surface area (Å²) in [6.45, 7) is 10.4. The van der Waals surface area contributed by atoms with E-state index < -0.39 is 0 Å². The van der Waals surface area contributed by atoms with Crippen molar-refractivity contribution in [1.82, 2.24) is 0 Å². The van der Waals surface area contributed by atoms with Crippen molar-refractivity contribution < 1.29 is 0 Å². The molecule has 0 aromatic rings. The Morgan fingerprint density at radius 3 is 1.33 bits per heavy atom. The van der Waals surface area contributed by atoms with E-state index in [1.54, 1.807) is 0 Å². The molecule has 0 fully saturated rings. The van der Waals surface area contributed by atoms with Crippen LogP contribution in [-0.2, 0) is 0 Å². The maximum atomic E-state index is 4.25. The normalized spacial score (nSPS) is 2.17. The molecule has 0 N–H and O–H groups in total. The molecule has 0 spiro atoms. The van der Waals surface area contributed by atoms with Crippen LogP contribution in [0.15, 0.2) is 6.58 Å². The number of halogens is 1. The van der Waals surface area contributed by atoms with Gasteiger partial charge in [-0.2, -0.15) is 0 Å². The van der Waals surface area contributed by atoms with Crippen molar-refractivity contribution in [3.8, 4) is 0 Å². The van der Waals surface area contributed by atoms with Gasteiger partial charge in [0.1, 0.15) is 0 Å². The molecule has 0 saturated heterocycles. The number of hydrogen-bond donors (Lipinski definition) is 0. The molecule has 0 aliphatic heterocycles. The topological polar surface area (TPSA) is 0 Å². The van der Waals surface area contributed by atoms with Crippen LogP contribution in [0.2, 0.25) is 0 Å². The second-order valence-corrected chi connectivity index (χ2v) is 0. The fourth-order valence-electron chi connectivity index (χ4n) is 0. The van der Waals surface area contributed by atoms with Crippen LogP contribution in [0, 0.1) is 13.1 Å². The van der Waals surface area contributed by atoms with E-state index in [1.165, 1.54) is 0 Å². The first-order chi connectivity index (χ1) is 2.00. The Morgan fingerprint density at radius 2 is 1.33 bits per heavy atom. The number of rotatable bonds is 0. The third-order valence-corrected chi connectivity index (χ3v) is 0. The molecule has 0 radical (unpaired) electrons. The summed E-state index contributed by atoms with van der Waals surface area (Å²) in [5, 5.41) is 0. The van der Waals surface area contributed by atoms with Gasteiger partial charge in [-0.25, -0.2) is 0 Å². The van der Waals surface area contributed by atoms with Gasteiger partial charge in [-0.3, -0.25) is 6.58 Å². The Labute approximate surface area is 65.4 Å². The first-order valence-electron chi connectivity index (χ1n) is 1.12. The maximum Gasteiger partial charge on any atom is 2.00 e. The van der Waals surface area contributed by atoms with Gasteiger partial charge in [-0.1, -0.05) is 0 Å². The summed E-state index contributed by atoms with van der Waals surface area (Å²) in [6.07, 6.45) is 0. The molecule has 0 unspecified atom stereocenters. The molecule has 0 rings (SSSR count). The van der Waals surface area contributed by atoms with Crippen LogP contribution in [0.25, 0.3) is 0 Å². The molecule has 0 aromatic heterocycles. The zero-order chi connectivity index (χ0) is 4.00. The van der Waals surface area contributed by atoms with Crippen molar-refractivity contribution in [1.29, 1.82) is 0 Å². The molecule has 0 bridgehead atoms. The Morgan fingerprint density at radius 1 is 1.33 bits per heavy atom. The summed E-state index contributed by atoms with van der Waals surface area (Å²) in [4.78, 5) is 0. The molecule has 0 aliphatic rings. The van der Waals surface area contributed by atoms with Crippen molar-refractivity contribution >= 4 is 45.7 Å². The van der Waals surface area contributed by atoms with E-state index in [0.29, 0.717) is 0 Å². The summed E-state index contributed by atoms with van der Waals surface area (Å²) < 4.78 is 0. The second kappa shape index (κ2) is 147. The van der Waals surface area contributed by atoms with E-state index in [-0.39, 0.29) is 35.5 Å². The molecule has 0 aliphatic carbocycles. The quantitative estimate of drug-likeness (QED) is 0.316. The largest absolute Gasteiger partial charge is 2.00 e. The first-order valence-corrected chi connectivity index (χ1v) is 2.53. The third-order valence-electron chi connectivity index (χ3n) is 0. The minimum Gasteiger partial charge on any atom is -0.521 e. The van der Waals surface area contributed by atoms with Gasteiger partial charge in [-0.05, 0) is 0 Å². The zero-order valence-corrected chi connectivity index (χ0v) is 8.34. The molecule has 0 atom stereocenters. The summed E-state index contributed by atoms with van der Waals surface area (Å²) >= 11 is 0. The van der Waals surface area contributed by atoms with Crippen LogP contribution in [-0.4, -0.2) is 33.3 Å². The molecule has 0 heterocycles. The Bertz CT molecular complexity index is 10.8. The molecule has 0 saturated carbocycles. The first kappa shape index (κ1) is 27.9. The Hall–Kier alpha value is 1.01. The minimum absolute atomic E-state index is 0. The Balaban J connectivity index is -0.00000000500. The van der Waals surface area contributed by atoms with E-state index in [2.05, 4.69) is 19.7 Å². The smallest absolute Gasteiger partial charge is 0.521 e. The van der Waals surface area contributed by atoms with Gasteiger partial charge in [0, 0.05) is 0 Å². The van der Waals surface area contributed by atoms with Crippen molar-refractivity contribution in [2.45, 2.75) is 0 Å². The maximum absolute atomic E-state index is 4.25. The van der Waals surface area contributed by atoms with E-state index in [4.69, 9.17) is 0 Å². The van der Waals surface area contributed by atoms with Gasteiger partial charge in [0.15, 0.2) is 0 Å². The molecular formula is C3H9ClMgSi. The summed E-state index contributed by atoms with van der Waals surface area (Å²) in [6, 6.07) is 0. The van der Waals surface area contributed by atoms with Crippen molar-refractivity contribution in [2.75, 3.05) is 0 Å². The average molecular weight is 133 g/mol. The van der Waals surface area contributed by atoms with Crippen LogP contribution in [0.5, 0.6) is 0 Å². The molecule has 0 aromatic carbocycles.